The Bertz CT molecular complexity index is 1220. The molecular weight excluding hydrogens is 500 g/mol. The van der Waals surface area contributed by atoms with E-state index in [-0.39, 0.29) is 35.9 Å². The van der Waals surface area contributed by atoms with Gasteiger partial charge in [-0.3, -0.25) is 13.9 Å². The molecule has 0 radical (unpaired) electrons. The van der Waals surface area contributed by atoms with Gasteiger partial charge in [-0.25, -0.2) is 29.2 Å². The highest BCUT2D eigenvalue weighted by atomic mass is 31.2. The zero-order valence-corrected chi connectivity index (χ0v) is 20.7. The van der Waals surface area contributed by atoms with Crippen LogP contribution in [0.25, 0.3) is 11.2 Å². The van der Waals surface area contributed by atoms with Crippen molar-refractivity contribution in [3.05, 3.63) is 36.8 Å². The fourth-order valence-corrected chi connectivity index (χ4v) is 4.98. The van der Waals surface area contributed by atoms with Crippen molar-refractivity contribution in [3.63, 3.8) is 0 Å². The first kappa shape index (κ1) is 27.2. The number of imidazole rings is 1. The number of rotatable bonds is 12. The Hall–Kier alpha value is -3.39. The summed E-state index contributed by atoms with van der Waals surface area (Å²) in [4.78, 5) is 36.0. The molecule has 4 atom stereocenters. The lowest BCUT2D eigenvalue weighted by Gasteiger charge is -2.26. The van der Waals surface area contributed by atoms with Crippen molar-refractivity contribution in [2.24, 2.45) is 0 Å². The number of halogens is 1. The highest BCUT2D eigenvalue weighted by Gasteiger charge is 2.35. The lowest BCUT2D eigenvalue weighted by atomic mass is 10.4. The number of nitrogens with zero attached hydrogens (tertiary/aromatic N) is 4. The molecule has 0 saturated heterocycles. The van der Waals surface area contributed by atoms with Crippen molar-refractivity contribution in [1.82, 2.24) is 29.7 Å². The largest absolute Gasteiger partial charge is 0.465 e. The summed E-state index contributed by atoms with van der Waals surface area (Å²) >= 11 is 0. The van der Waals surface area contributed by atoms with Crippen molar-refractivity contribution >= 4 is 36.4 Å². The van der Waals surface area contributed by atoms with E-state index in [0.717, 1.165) is 6.08 Å². The topological polar surface area (TPSA) is 182 Å². The van der Waals surface area contributed by atoms with Crippen molar-refractivity contribution in [2.75, 3.05) is 25.3 Å². The number of ether oxygens (including phenoxy) is 4. The molecule has 2 aromatic rings. The van der Waals surface area contributed by atoms with Crippen LogP contribution in [0.1, 0.15) is 27.0 Å². The average Bonchev–Trinajstić information content (AvgIpc) is 3.41. The van der Waals surface area contributed by atoms with Crippen LogP contribution in [-0.4, -0.2) is 63.4 Å². The number of carbonyl (C=O) groups excluding carboxylic acids is 2. The molecule has 16 heteroatoms. The van der Waals surface area contributed by atoms with Gasteiger partial charge in [-0.1, -0.05) is 6.58 Å². The van der Waals surface area contributed by atoms with Crippen molar-refractivity contribution in [3.8, 4) is 0 Å². The molecule has 1 aliphatic heterocycles. The Labute approximate surface area is 205 Å². The van der Waals surface area contributed by atoms with Gasteiger partial charge in [-0.2, -0.15) is 0 Å². The molecule has 0 amide bonds. The van der Waals surface area contributed by atoms with Gasteiger partial charge in [-0.05, 0) is 20.8 Å². The van der Waals surface area contributed by atoms with Crippen LogP contribution < -0.4 is 15.9 Å². The summed E-state index contributed by atoms with van der Waals surface area (Å²) in [6.07, 6.45) is 0.333. The van der Waals surface area contributed by atoms with E-state index in [9.17, 15) is 18.5 Å². The highest BCUT2D eigenvalue weighted by Crippen LogP contribution is 2.40. The van der Waals surface area contributed by atoms with E-state index < -0.39 is 50.1 Å². The van der Waals surface area contributed by atoms with E-state index in [0.29, 0.717) is 0 Å². The van der Waals surface area contributed by atoms with E-state index in [1.807, 2.05) is 0 Å². The first-order valence-electron chi connectivity index (χ1n) is 10.8. The van der Waals surface area contributed by atoms with Crippen LogP contribution in [0.4, 0.5) is 10.2 Å². The Balaban J connectivity index is 1.73. The third kappa shape index (κ3) is 6.23. The minimum atomic E-state index is -3.90. The second-order valence-corrected chi connectivity index (χ2v) is 9.66. The fourth-order valence-electron chi connectivity index (χ4n) is 3.17. The second kappa shape index (κ2) is 11.6. The molecule has 36 heavy (non-hydrogen) atoms. The van der Waals surface area contributed by atoms with Gasteiger partial charge >= 0.3 is 11.9 Å². The number of esters is 2. The first-order chi connectivity index (χ1) is 17.1. The maximum atomic E-state index is 14.7. The standard InChI is InChI=1S/C20H27FN7O7P/c1-5-32-19(29)11(3)26-36(31,27-12(4)20(30)33-6-2)10-34-14-7-13(21)18(35-14)28-9-25-15-16(22)23-8-24-17(15)28/h7-9,12,14,18H,3,5-6,10H2,1-2,4H3,(H2,22,23,24)(H2,26,27,31)/t12-,14-,18+,36?/m0/s1. The summed E-state index contributed by atoms with van der Waals surface area (Å²) in [7, 11) is -3.90. The maximum absolute atomic E-state index is 14.7. The molecule has 196 valence electrons. The zero-order valence-electron chi connectivity index (χ0n) is 19.8. The summed E-state index contributed by atoms with van der Waals surface area (Å²) < 4.78 is 50.5. The normalized spacial score (nSPS) is 19.8. The van der Waals surface area contributed by atoms with Crippen LogP contribution in [0.2, 0.25) is 0 Å². The molecule has 0 fully saturated rings. The van der Waals surface area contributed by atoms with Crippen molar-refractivity contribution in [1.29, 1.82) is 0 Å². The van der Waals surface area contributed by atoms with Gasteiger partial charge in [-0.15, -0.1) is 0 Å². The number of hydrogen-bond acceptors (Lipinski definition) is 11. The molecule has 0 spiro atoms. The Morgan fingerprint density at radius 1 is 1.31 bits per heavy atom. The minimum Gasteiger partial charge on any atom is -0.465 e. The summed E-state index contributed by atoms with van der Waals surface area (Å²) in [5, 5.41) is 5.01. The lowest BCUT2D eigenvalue weighted by molar-refractivity contribution is -0.144. The van der Waals surface area contributed by atoms with Crippen LogP contribution in [0.15, 0.2) is 36.8 Å². The molecule has 0 saturated carbocycles. The third-order valence-electron chi connectivity index (χ3n) is 4.73. The SMILES string of the molecule is C=C(NP(=O)(CO[C@@H]1C=C(F)[C@H](n2cnc3c(N)ncnc32)O1)N[C@@H](C)C(=O)OCC)C(=O)OCC. The number of carbonyl (C=O) groups is 2. The predicted octanol–water partition coefficient (Wildman–Crippen LogP) is 1.49. The van der Waals surface area contributed by atoms with Crippen molar-refractivity contribution < 1.29 is 37.5 Å². The first-order valence-corrected chi connectivity index (χ1v) is 12.7. The minimum absolute atomic E-state index is 0.0634. The molecular formula is C20H27FN7O7P. The van der Waals surface area contributed by atoms with Crippen LogP contribution in [-0.2, 0) is 33.1 Å². The van der Waals surface area contributed by atoms with Gasteiger partial charge in [0.15, 0.2) is 29.8 Å². The lowest BCUT2D eigenvalue weighted by Crippen LogP contribution is -2.39. The molecule has 2 aromatic heterocycles. The molecule has 1 aliphatic rings. The summed E-state index contributed by atoms with van der Waals surface area (Å²) in [6, 6.07) is -1.05. The van der Waals surface area contributed by atoms with Gasteiger partial charge in [0.05, 0.1) is 19.5 Å². The predicted molar refractivity (Wildman–Crippen MR) is 125 cm³/mol. The van der Waals surface area contributed by atoms with Crippen LogP contribution in [0.5, 0.6) is 0 Å². The molecule has 14 nitrogen and oxygen atoms in total. The smallest absolute Gasteiger partial charge is 0.354 e. The number of nitrogens with one attached hydrogen (secondary N) is 2. The van der Waals surface area contributed by atoms with Gasteiger partial charge in [0.1, 0.15) is 29.9 Å². The van der Waals surface area contributed by atoms with E-state index in [1.165, 1.54) is 24.1 Å². The molecule has 4 N–H and O–H groups in total. The summed E-state index contributed by atoms with van der Waals surface area (Å²) in [5.74, 6) is -2.13. The van der Waals surface area contributed by atoms with E-state index >= 15 is 0 Å². The molecule has 0 aromatic carbocycles. The number of anilines is 1. The maximum Gasteiger partial charge on any atom is 0.354 e. The van der Waals surface area contributed by atoms with E-state index in [1.54, 1.807) is 13.8 Å². The van der Waals surface area contributed by atoms with Gasteiger partial charge < -0.3 is 29.8 Å². The molecule has 3 rings (SSSR count). The van der Waals surface area contributed by atoms with Crippen LogP contribution >= 0.6 is 7.44 Å². The number of nitrogens with two attached hydrogens (primary N) is 1. The zero-order chi connectivity index (χ0) is 26.5. The number of hydrogen-bond donors (Lipinski definition) is 3. The monoisotopic (exact) mass is 527 g/mol. The molecule has 0 bridgehead atoms. The van der Waals surface area contributed by atoms with Gasteiger partial charge in [0, 0.05) is 6.08 Å². The summed E-state index contributed by atoms with van der Waals surface area (Å²) in [5.41, 5.74) is 5.94. The van der Waals surface area contributed by atoms with Gasteiger partial charge in [0.2, 0.25) is 0 Å². The molecule has 1 unspecified atom stereocenters. The number of nitrogen functional groups attached to an aromatic ring is 1. The van der Waals surface area contributed by atoms with Gasteiger partial charge in [0.25, 0.3) is 7.44 Å². The Morgan fingerprint density at radius 3 is 2.72 bits per heavy atom. The van der Waals surface area contributed by atoms with E-state index in [2.05, 4.69) is 31.7 Å². The third-order valence-corrected chi connectivity index (χ3v) is 6.68. The average molecular weight is 527 g/mol. The second-order valence-electron chi connectivity index (χ2n) is 7.44. The summed E-state index contributed by atoms with van der Waals surface area (Å²) in [6.45, 7) is 8.31. The molecule has 3 heterocycles. The Morgan fingerprint density at radius 2 is 2.03 bits per heavy atom. The van der Waals surface area contributed by atoms with E-state index in [4.69, 9.17) is 24.7 Å². The Kier molecular flexibility index (Phi) is 8.74. The van der Waals surface area contributed by atoms with Crippen LogP contribution in [0.3, 0.4) is 0 Å². The van der Waals surface area contributed by atoms with Crippen molar-refractivity contribution in [2.45, 2.75) is 39.3 Å². The number of aromatic nitrogens is 4. The molecule has 0 aliphatic carbocycles. The number of fused-ring (bicyclic) bond motifs is 1. The van der Waals surface area contributed by atoms with Crippen LogP contribution in [0, 0.1) is 0 Å². The highest BCUT2D eigenvalue weighted by molar-refractivity contribution is 7.59. The fraction of sp³-hybridized carbons (Fsp3) is 0.450. The quantitative estimate of drug-likeness (QED) is 0.205.